The Kier molecular flexibility index (Phi) is 3.57. The molecular weight excluding hydrogens is 262 g/mol. The highest BCUT2D eigenvalue weighted by Gasteiger charge is 2.22. The molecule has 0 N–H and O–H groups in total. The lowest BCUT2D eigenvalue weighted by Crippen LogP contribution is -1.95. The molecule has 1 unspecified atom stereocenters. The van der Waals surface area contributed by atoms with Crippen molar-refractivity contribution in [3.05, 3.63) is 15.6 Å². The van der Waals surface area contributed by atoms with Crippen LogP contribution in [-0.4, -0.2) is 11.6 Å². The summed E-state index contributed by atoms with van der Waals surface area (Å²) >= 11 is 5.30. The second kappa shape index (κ2) is 4.73. The summed E-state index contributed by atoms with van der Waals surface area (Å²) in [6.07, 6.45) is 3.61. The summed E-state index contributed by atoms with van der Waals surface area (Å²) in [6.45, 7) is 3.05. The molecule has 78 valence electrons. The fourth-order valence-electron chi connectivity index (χ4n) is 1.69. The first-order chi connectivity index (χ1) is 6.85. The highest BCUT2D eigenvalue weighted by atomic mass is 79.9. The van der Waals surface area contributed by atoms with E-state index in [1.54, 1.807) is 11.3 Å². The van der Waals surface area contributed by atoms with Crippen LogP contribution in [0.1, 0.15) is 41.4 Å². The van der Waals surface area contributed by atoms with Crippen LogP contribution in [0.15, 0.2) is 0 Å². The van der Waals surface area contributed by atoms with E-state index < -0.39 is 0 Å². The summed E-state index contributed by atoms with van der Waals surface area (Å²) in [7, 11) is 0. The number of hydrogen-bond acceptors (Lipinski definition) is 3. The van der Waals surface area contributed by atoms with Crippen molar-refractivity contribution in [2.24, 2.45) is 0 Å². The molecule has 2 heterocycles. The van der Waals surface area contributed by atoms with Gasteiger partial charge in [-0.2, -0.15) is 0 Å². The summed E-state index contributed by atoms with van der Waals surface area (Å²) in [4.78, 5) is 6.00. The lowest BCUT2D eigenvalue weighted by molar-refractivity contribution is 0.111. The van der Waals surface area contributed by atoms with Gasteiger partial charge >= 0.3 is 0 Å². The second-order valence-corrected chi connectivity index (χ2v) is 5.09. The van der Waals surface area contributed by atoms with Gasteiger partial charge in [0.15, 0.2) is 0 Å². The number of aromatic nitrogens is 1. The van der Waals surface area contributed by atoms with E-state index in [9.17, 15) is 0 Å². The molecule has 1 fully saturated rings. The van der Waals surface area contributed by atoms with Gasteiger partial charge in [0.2, 0.25) is 0 Å². The topological polar surface area (TPSA) is 22.1 Å². The summed E-state index contributed by atoms with van der Waals surface area (Å²) in [5, 5.41) is 2.09. The van der Waals surface area contributed by atoms with Gasteiger partial charge in [-0.05, 0) is 19.3 Å². The highest BCUT2D eigenvalue weighted by Crippen LogP contribution is 2.33. The van der Waals surface area contributed by atoms with Gasteiger partial charge in [0.05, 0.1) is 5.69 Å². The van der Waals surface area contributed by atoms with E-state index in [2.05, 4.69) is 27.8 Å². The highest BCUT2D eigenvalue weighted by molar-refractivity contribution is 9.08. The number of ether oxygens (including phenoxy) is 1. The van der Waals surface area contributed by atoms with Crippen LogP contribution >= 0.6 is 27.3 Å². The zero-order valence-corrected chi connectivity index (χ0v) is 10.7. The minimum Gasteiger partial charge on any atom is -0.371 e. The van der Waals surface area contributed by atoms with Gasteiger partial charge in [-0.1, -0.05) is 22.9 Å². The van der Waals surface area contributed by atoms with Gasteiger partial charge in [-0.15, -0.1) is 11.3 Å². The lowest BCUT2D eigenvalue weighted by atomic mass is 10.2. The molecule has 1 aromatic heterocycles. The van der Waals surface area contributed by atoms with E-state index >= 15 is 0 Å². The first-order valence-corrected chi connectivity index (χ1v) is 6.95. The first kappa shape index (κ1) is 10.6. The summed E-state index contributed by atoms with van der Waals surface area (Å²) in [5.41, 5.74) is 1.23. The van der Waals surface area contributed by atoms with Crippen molar-refractivity contribution < 1.29 is 4.74 Å². The number of aryl methyl sites for hydroxylation is 1. The Balaban J connectivity index is 2.21. The Labute approximate surface area is 96.8 Å². The van der Waals surface area contributed by atoms with Gasteiger partial charge in [0, 0.05) is 16.8 Å². The van der Waals surface area contributed by atoms with Crippen molar-refractivity contribution >= 4 is 27.3 Å². The molecule has 0 radical (unpaired) electrons. The van der Waals surface area contributed by atoms with E-state index in [4.69, 9.17) is 4.74 Å². The molecule has 0 bridgehead atoms. The molecule has 0 spiro atoms. The van der Waals surface area contributed by atoms with Crippen LogP contribution in [0, 0.1) is 0 Å². The fourth-order valence-corrected chi connectivity index (χ4v) is 3.45. The molecule has 2 nitrogen and oxygen atoms in total. The lowest BCUT2D eigenvalue weighted by Gasteiger charge is -2.03. The smallest absolute Gasteiger partial charge is 0.122 e. The number of nitrogens with zero attached hydrogens (tertiary/aromatic N) is 1. The monoisotopic (exact) mass is 275 g/mol. The minimum absolute atomic E-state index is 0.276. The van der Waals surface area contributed by atoms with Crippen molar-refractivity contribution in [3.8, 4) is 0 Å². The normalized spacial score (nSPS) is 21.7. The number of thiazole rings is 1. The molecule has 4 heteroatoms. The van der Waals surface area contributed by atoms with Gasteiger partial charge in [-0.25, -0.2) is 4.98 Å². The molecule has 14 heavy (non-hydrogen) atoms. The van der Waals surface area contributed by atoms with Crippen molar-refractivity contribution in [2.45, 2.75) is 37.6 Å². The molecule has 2 rings (SSSR count). The van der Waals surface area contributed by atoms with Crippen LogP contribution in [0.25, 0.3) is 0 Å². The number of alkyl halides is 1. The van der Waals surface area contributed by atoms with E-state index in [1.165, 1.54) is 22.0 Å². The Morgan fingerprint density at radius 2 is 2.50 bits per heavy atom. The van der Waals surface area contributed by atoms with Crippen molar-refractivity contribution in [1.82, 2.24) is 4.98 Å². The molecule has 0 aromatic carbocycles. The van der Waals surface area contributed by atoms with Crippen LogP contribution in [0.4, 0.5) is 0 Å². The molecule has 0 aliphatic carbocycles. The molecule has 0 amide bonds. The van der Waals surface area contributed by atoms with E-state index in [0.29, 0.717) is 0 Å². The Morgan fingerprint density at radius 3 is 3.00 bits per heavy atom. The molecule has 0 saturated carbocycles. The maximum absolute atomic E-state index is 5.63. The average molecular weight is 276 g/mol. The summed E-state index contributed by atoms with van der Waals surface area (Å²) < 4.78 is 5.63. The molecule has 1 aromatic rings. The predicted molar refractivity (Wildman–Crippen MR) is 62.1 cm³/mol. The Bertz CT molecular complexity index is 286. The maximum Gasteiger partial charge on any atom is 0.122 e. The first-order valence-electron chi connectivity index (χ1n) is 5.01. The van der Waals surface area contributed by atoms with Crippen molar-refractivity contribution in [1.29, 1.82) is 0 Å². The molecule has 1 aliphatic rings. The molecule has 1 aliphatic heterocycles. The third-order valence-electron chi connectivity index (χ3n) is 2.46. The Hall–Kier alpha value is 0.0700. The quantitative estimate of drug-likeness (QED) is 0.789. The third-order valence-corrected chi connectivity index (χ3v) is 4.58. The zero-order chi connectivity index (χ0) is 9.97. The van der Waals surface area contributed by atoms with Crippen LogP contribution < -0.4 is 0 Å². The largest absolute Gasteiger partial charge is 0.371 e. The zero-order valence-electron chi connectivity index (χ0n) is 8.25. The molecule has 1 atom stereocenters. The maximum atomic E-state index is 5.63. The van der Waals surface area contributed by atoms with Gasteiger partial charge in [0.1, 0.15) is 11.1 Å². The SMILES string of the molecule is CCc1nc(C2CCCO2)sc1CBr. The van der Waals surface area contributed by atoms with Crippen LogP contribution in [0.3, 0.4) is 0 Å². The second-order valence-electron chi connectivity index (χ2n) is 3.41. The van der Waals surface area contributed by atoms with Crippen LogP contribution in [-0.2, 0) is 16.5 Å². The van der Waals surface area contributed by atoms with Crippen molar-refractivity contribution in [2.75, 3.05) is 6.61 Å². The minimum atomic E-state index is 0.276. The van der Waals surface area contributed by atoms with Gasteiger partial charge in [0.25, 0.3) is 0 Å². The van der Waals surface area contributed by atoms with E-state index in [0.717, 1.165) is 24.8 Å². The van der Waals surface area contributed by atoms with E-state index in [-0.39, 0.29) is 6.10 Å². The van der Waals surface area contributed by atoms with Crippen molar-refractivity contribution in [3.63, 3.8) is 0 Å². The van der Waals surface area contributed by atoms with Gasteiger partial charge < -0.3 is 4.74 Å². The number of rotatable bonds is 3. The summed E-state index contributed by atoms with van der Waals surface area (Å²) in [6, 6.07) is 0. The fraction of sp³-hybridized carbons (Fsp3) is 0.700. The van der Waals surface area contributed by atoms with E-state index in [1.807, 2.05) is 0 Å². The molecular formula is C10H14BrNOS. The van der Waals surface area contributed by atoms with Crippen LogP contribution in [0.2, 0.25) is 0 Å². The summed E-state index contributed by atoms with van der Waals surface area (Å²) in [5.74, 6) is 0. The standard InChI is InChI=1S/C10H14BrNOS/c1-2-7-9(6-11)14-10(12-7)8-4-3-5-13-8/h8H,2-6H2,1H3. The van der Waals surface area contributed by atoms with Gasteiger partial charge in [-0.3, -0.25) is 0 Å². The average Bonchev–Trinajstić information content (AvgIpc) is 2.85. The Morgan fingerprint density at radius 1 is 1.64 bits per heavy atom. The van der Waals surface area contributed by atoms with Crippen LogP contribution in [0.5, 0.6) is 0 Å². The predicted octanol–water partition coefficient (Wildman–Crippen LogP) is 3.45. The number of halogens is 1. The molecule has 1 saturated heterocycles. The third kappa shape index (κ3) is 2.02. The number of hydrogen-bond donors (Lipinski definition) is 0.